The maximum Gasteiger partial charge on any atom is 0.166 e. The number of hydrogen-bond donors (Lipinski definition) is 0. The maximum atomic E-state index is 14.5. The molecule has 1 aromatic rings. The molecule has 0 amide bonds. The predicted molar refractivity (Wildman–Crippen MR) is 111 cm³/mol. The average Bonchev–Trinajstić information content (AvgIpc) is 3.06. The Hall–Kier alpha value is -1.87. The summed E-state index contributed by atoms with van der Waals surface area (Å²) in [5.41, 5.74) is 1.18. The van der Waals surface area contributed by atoms with Crippen molar-refractivity contribution in [2.24, 2.45) is 0 Å². The van der Waals surface area contributed by atoms with Gasteiger partial charge in [-0.15, -0.1) is 0 Å². The third kappa shape index (κ3) is 6.87. The largest absolute Gasteiger partial charge is 0.203 e. The van der Waals surface area contributed by atoms with Gasteiger partial charge in [-0.25, -0.2) is 8.78 Å². The van der Waals surface area contributed by atoms with E-state index in [9.17, 15) is 8.78 Å². The summed E-state index contributed by atoms with van der Waals surface area (Å²) >= 11 is 1.20. The van der Waals surface area contributed by atoms with E-state index in [4.69, 9.17) is 15.7 Å². The highest BCUT2D eigenvalue weighted by atomic mass is 32.1. The number of hydrogen-bond acceptors (Lipinski definition) is 1. The molecule has 0 saturated heterocycles. The lowest BCUT2D eigenvalue weighted by atomic mass is 9.94. The van der Waals surface area contributed by atoms with Crippen molar-refractivity contribution < 1.29 is 8.78 Å². The van der Waals surface area contributed by atoms with Crippen LogP contribution < -0.4 is 4.78 Å². The second-order valence-electron chi connectivity index (χ2n) is 4.79. The summed E-state index contributed by atoms with van der Waals surface area (Å²) in [7, 11) is 11.2. The van der Waals surface area contributed by atoms with Crippen LogP contribution in [0.5, 0.6) is 0 Å². The first-order chi connectivity index (χ1) is 11.8. The molecule has 0 nitrogen and oxygen atoms in total. The molecule has 0 aliphatic carbocycles. The van der Waals surface area contributed by atoms with Gasteiger partial charge in [0.25, 0.3) is 0 Å². The molecular formula is C20H22B2F2S. The standard InChI is InChI=1S/C18H16B2F2S.C2H6/c1-5-13(19)8-7-11(3)14(6-2)18(22)17(21)12(4)15-9-10-16(20)23-15;1-2/h5-10H,1-2H2,3-4H3;1-2H3/b11-7+,13-8+,17-12-,18-14-;. The van der Waals surface area contributed by atoms with E-state index < -0.39 is 11.7 Å². The Morgan fingerprint density at radius 1 is 1.04 bits per heavy atom. The van der Waals surface area contributed by atoms with Gasteiger partial charge in [0.1, 0.15) is 15.7 Å². The molecule has 25 heavy (non-hydrogen) atoms. The van der Waals surface area contributed by atoms with Gasteiger partial charge in [0, 0.05) is 16.0 Å². The topological polar surface area (TPSA) is 0 Å². The molecule has 0 aliphatic heterocycles. The molecule has 5 heteroatoms. The van der Waals surface area contributed by atoms with Gasteiger partial charge < -0.3 is 0 Å². The zero-order chi connectivity index (χ0) is 19.6. The van der Waals surface area contributed by atoms with Crippen molar-refractivity contribution in [3.8, 4) is 0 Å². The van der Waals surface area contributed by atoms with E-state index in [1.807, 2.05) is 13.8 Å². The maximum absolute atomic E-state index is 14.5. The van der Waals surface area contributed by atoms with E-state index in [1.54, 1.807) is 31.2 Å². The van der Waals surface area contributed by atoms with Gasteiger partial charge in [0.15, 0.2) is 11.7 Å². The molecule has 0 aromatic carbocycles. The highest BCUT2D eigenvalue weighted by Gasteiger charge is 2.15. The van der Waals surface area contributed by atoms with Gasteiger partial charge in [-0.2, -0.15) is 11.3 Å². The fraction of sp³-hybridized carbons (Fsp3) is 0.200. The van der Waals surface area contributed by atoms with E-state index >= 15 is 0 Å². The van der Waals surface area contributed by atoms with Crippen LogP contribution in [0.2, 0.25) is 0 Å². The van der Waals surface area contributed by atoms with E-state index in [0.29, 0.717) is 20.7 Å². The molecule has 0 fully saturated rings. The normalized spacial score (nSPS) is 14.0. The predicted octanol–water partition coefficient (Wildman–Crippen LogP) is 5.86. The van der Waals surface area contributed by atoms with Gasteiger partial charge in [-0.05, 0) is 30.3 Å². The molecule has 0 saturated carbocycles. The Morgan fingerprint density at radius 2 is 1.64 bits per heavy atom. The Labute approximate surface area is 156 Å². The van der Waals surface area contributed by atoms with Crippen LogP contribution in [0.4, 0.5) is 8.78 Å². The van der Waals surface area contributed by atoms with Crippen molar-refractivity contribution in [3.05, 3.63) is 82.7 Å². The van der Waals surface area contributed by atoms with Crippen LogP contribution in [-0.2, 0) is 0 Å². The zero-order valence-electron chi connectivity index (χ0n) is 15.2. The third-order valence-corrected chi connectivity index (χ3v) is 4.18. The molecule has 0 atom stereocenters. The summed E-state index contributed by atoms with van der Waals surface area (Å²) in [6, 6.07) is 3.31. The van der Waals surface area contributed by atoms with Crippen LogP contribution in [0, 0.1) is 0 Å². The van der Waals surface area contributed by atoms with Crippen molar-refractivity contribution in [2.45, 2.75) is 27.7 Å². The number of rotatable bonds is 6. The number of halogens is 2. The molecule has 0 bridgehead atoms. The van der Waals surface area contributed by atoms with Crippen molar-refractivity contribution >= 4 is 37.4 Å². The summed E-state index contributed by atoms with van der Waals surface area (Å²) < 4.78 is 29.5. The second kappa shape index (κ2) is 11.6. The summed E-state index contributed by atoms with van der Waals surface area (Å²) in [5.74, 6) is -1.90. The molecule has 4 radical (unpaired) electrons. The summed E-state index contributed by atoms with van der Waals surface area (Å²) in [5, 5.41) is 0. The van der Waals surface area contributed by atoms with E-state index in [0.717, 1.165) is 0 Å². The molecule has 0 N–H and O–H groups in total. The highest BCUT2D eigenvalue weighted by molar-refractivity contribution is 7.20. The summed E-state index contributed by atoms with van der Waals surface area (Å²) in [4.78, 5) is 0.580. The van der Waals surface area contributed by atoms with Crippen LogP contribution in [0.25, 0.3) is 5.57 Å². The molecular weight excluding hydrogens is 332 g/mol. The van der Waals surface area contributed by atoms with Gasteiger partial charge in [0.05, 0.1) is 0 Å². The number of thiophene rings is 1. The highest BCUT2D eigenvalue weighted by Crippen LogP contribution is 2.31. The third-order valence-electron chi connectivity index (χ3n) is 3.15. The lowest BCUT2D eigenvalue weighted by molar-refractivity contribution is 0.543. The smallest absolute Gasteiger partial charge is 0.166 e. The van der Waals surface area contributed by atoms with Crippen molar-refractivity contribution in [1.29, 1.82) is 0 Å². The van der Waals surface area contributed by atoms with Crippen LogP contribution in [-0.4, -0.2) is 15.7 Å². The monoisotopic (exact) mass is 354 g/mol. The van der Waals surface area contributed by atoms with E-state index in [2.05, 4.69) is 13.2 Å². The fourth-order valence-electron chi connectivity index (χ4n) is 1.75. The lowest BCUT2D eigenvalue weighted by Gasteiger charge is -2.07. The van der Waals surface area contributed by atoms with Gasteiger partial charge >= 0.3 is 0 Å². The Bertz CT molecular complexity index is 735. The van der Waals surface area contributed by atoms with Crippen molar-refractivity contribution in [2.75, 3.05) is 0 Å². The van der Waals surface area contributed by atoms with E-state index in [1.165, 1.54) is 30.4 Å². The Balaban J connectivity index is 0.00000277. The summed E-state index contributed by atoms with van der Waals surface area (Å²) in [6.45, 7) is 14.2. The van der Waals surface area contributed by atoms with E-state index in [-0.39, 0.29) is 11.1 Å². The van der Waals surface area contributed by atoms with Crippen LogP contribution in [0.3, 0.4) is 0 Å². The quantitative estimate of drug-likeness (QED) is 0.443. The molecule has 1 rings (SSSR count). The van der Waals surface area contributed by atoms with Gasteiger partial charge in [0.2, 0.25) is 0 Å². The Kier molecular flexibility index (Phi) is 10.8. The first-order valence-corrected chi connectivity index (χ1v) is 8.65. The molecule has 1 aromatic heterocycles. The van der Waals surface area contributed by atoms with Crippen molar-refractivity contribution in [1.82, 2.24) is 0 Å². The number of allylic oxidation sites excluding steroid dienone is 10. The molecule has 0 unspecified atom stereocenters. The second-order valence-corrected chi connectivity index (χ2v) is 5.91. The van der Waals surface area contributed by atoms with Gasteiger partial charge in [-0.1, -0.05) is 62.8 Å². The molecule has 1 heterocycles. The summed E-state index contributed by atoms with van der Waals surface area (Å²) in [6.07, 6.45) is 5.88. The Morgan fingerprint density at radius 3 is 2.08 bits per heavy atom. The minimum atomic E-state index is -0.969. The lowest BCUT2D eigenvalue weighted by Crippen LogP contribution is -1.91. The molecule has 128 valence electrons. The minimum Gasteiger partial charge on any atom is -0.203 e. The SMILES string of the molecule is CC.[B]/C(C=C)=C/C=C(C)/C(C=C)=C(F)/C(F)=C(\C)c1ccc([B])s1. The zero-order valence-corrected chi connectivity index (χ0v) is 16.0. The molecule has 0 spiro atoms. The molecule has 0 aliphatic rings. The first kappa shape index (κ1) is 23.1. The first-order valence-electron chi connectivity index (χ1n) is 7.83. The fourth-order valence-corrected chi connectivity index (χ4v) is 2.52. The van der Waals surface area contributed by atoms with Crippen LogP contribution in [0.15, 0.2) is 77.9 Å². The van der Waals surface area contributed by atoms with Crippen molar-refractivity contribution in [3.63, 3.8) is 0 Å². The van der Waals surface area contributed by atoms with Gasteiger partial charge in [-0.3, -0.25) is 0 Å². The van der Waals surface area contributed by atoms with Crippen LogP contribution >= 0.6 is 11.3 Å². The van der Waals surface area contributed by atoms with Crippen LogP contribution in [0.1, 0.15) is 32.6 Å². The average molecular weight is 354 g/mol. The minimum absolute atomic E-state index is 0.0690.